The number of ether oxygens (including phenoxy) is 1. The summed E-state index contributed by atoms with van der Waals surface area (Å²) in [5.74, 6) is -2.46. The number of hydrogen-bond donors (Lipinski definition) is 6. The number of phosphoric acid groups is 3. The van der Waals surface area contributed by atoms with E-state index in [1.54, 1.807) is 12.1 Å². The molecule has 7 atom stereocenters. The largest absolute Gasteiger partial charge is 0.790 e. The van der Waals surface area contributed by atoms with Crippen LogP contribution in [0, 0.1) is 5.41 Å². The zero-order valence-corrected chi connectivity index (χ0v) is 38.7. The number of nitrogens with one attached hydrogen (secondary N) is 2. The summed E-state index contributed by atoms with van der Waals surface area (Å²) in [6.07, 6.45) is -6.77. The number of imidazole rings is 1. The molecule has 1 aliphatic heterocycles. The molecular formula is C35H46N7O20P3S-4. The van der Waals surface area contributed by atoms with Crippen molar-refractivity contribution in [1.29, 1.82) is 0 Å². The van der Waals surface area contributed by atoms with Gasteiger partial charge in [-0.1, -0.05) is 37.7 Å². The number of amides is 2. The van der Waals surface area contributed by atoms with E-state index in [0.717, 1.165) is 55.3 Å². The van der Waals surface area contributed by atoms with Gasteiger partial charge in [-0.2, -0.15) is 0 Å². The number of carbonyl (C=O) groups excluding carboxylic acids is 5. The minimum Gasteiger partial charge on any atom is -0.790 e. The van der Waals surface area contributed by atoms with Crippen LogP contribution in [0.3, 0.4) is 0 Å². The predicted octanol–water partition coefficient (Wildman–Crippen LogP) is -2.43. The Morgan fingerprint density at radius 2 is 1.64 bits per heavy atom. The zero-order chi connectivity index (χ0) is 49.3. The molecule has 66 heavy (non-hydrogen) atoms. The van der Waals surface area contributed by atoms with Crippen LogP contribution in [0.2, 0.25) is 0 Å². The van der Waals surface area contributed by atoms with Gasteiger partial charge < -0.3 is 74.1 Å². The highest BCUT2D eigenvalue weighted by Crippen LogP contribution is 2.56. The minimum atomic E-state index is -5.98. The average Bonchev–Trinajstić information content (AvgIpc) is 3.76. The number of aliphatic hydroxyl groups excluding tert-OH is 2. The molecule has 3 heterocycles. The van der Waals surface area contributed by atoms with E-state index >= 15 is 0 Å². The SMILES string of the molecule is CC(C)(COP(=O)([O-])OP(=O)([O-])OCC1OC(C)(n2cnc3c(N)ncnc32)C(O)C1OP(=O)([O-])[O-])C(O)C(=O)NCCC(=O)NCCSC(=O)CC(=O)CC(=O)CCc1ccc(O)cc1. The number of anilines is 1. The first-order valence-electron chi connectivity index (χ1n) is 19.4. The van der Waals surface area contributed by atoms with Gasteiger partial charge >= 0.3 is 0 Å². The van der Waals surface area contributed by atoms with Crippen LogP contribution in [0.4, 0.5) is 5.82 Å². The lowest BCUT2D eigenvalue weighted by molar-refractivity contribution is -0.347. The Kier molecular flexibility index (Phi) is 18.8. The molecule has 0 aliphatic carbocycles. The molecule has 2 amide bonds. The van der Waals surface area contributed by atoms with Gasteiger partial charge in [0.05, 0.1) is 40.2 Å². The van der Waals surface area contributed by atoms with Crippen molar-refractivity contribution < 1.29 is 95.2 Å². The van der Waals surface area contributed by atoms with Gasteiger partial charge in [0.2, 0.25) is 11.8 Å². The molecule has 1 fully saturated rings. The number of aryl methyl sites for hydroxylation is 1. The fourth-order valence-electron chi connectivity index (χ4n) is 6.11. The Morgan fingerprint density at radius 3 is 2.30 bits per heavy atom. The van der Waals surface area contributed by atoms with E-state index < -0.39 is 108 Å². The highest BCUT2D eigenvalue weighted by molar-refractivity contribution is 8.13. The fraction of sp³-hybridized carbons (Fsp3) is 0.543. The first kappa shape index (κ1) is 54.5. The van der Waals surface area contributed by atoms with Crippen LogP contribution >= 0.6 is 35.2 Å². The molecule has 366 valence electrons. The fourth-order valence-corrected chi connectivity index (χ4v) is 9.54. The van der Waals surface area contributed by atoms with E-state index in [4.69, 9.17) is 10.5 Å². The van der Waals surface area contributed by atoms with Crippen molar-refractivity contribution in [2.24, 2.45) is 5.41 Å². The van der Waals surface area contributed by atoms with Crippen molar-refractivity contribution in [1.82, 2.24) is 30.2 Å². The predicted molar refractivity (Wildman–Crippen MR) is 219 cm³/mol. The Labute approximate surface area is 379 Å². The zero-order valence-electron chi connectivity index (χ0n) is 35.2. The highest BCUT2D eigenvalue weighted by Gasteiger charge is 2.55. The van der Waals surface area contributed by atoms with Gasteiger partial charge in [-0.25, -0.2) is 19.3 Å². The third-order valence-electron chi connectivity index (χ3n) is 9.59. The number of rotatable bonds is 26. The lowest BCUT2D eigenvalue weighted by Crippen LogP contribution is -2.46. The summed E-state index contributed by atoms with van der Waals surface area (Å²) < 4.78 is 61.2. The monoisotopic (exact) mass is 1010 g/mol. The Balaban J connectivity index is 1.16. The molecule has 1 saturated heterocycles. The number of phenols is 1. The number of nitrogens with zero attached hydrogens (tertiary/aromatic N) is 4. The summed E-state index contributed by atoms with van der Waals surface area (Å²) in [6.45, 7) is 0.823. The number of ketones is 2. The smallest absolute Gasteiger partial charge is 0.274 e. The van der Waals surface area contributed by atoms with E-state index in [2.05, 4.69) is 43.5 Å². The molecule has 27 nitrogen and oxygen atoms in total. The van der Waals surface area contributed by atoms with Crippen molar-refractivity contribution in [2.75, 3.05) is 37.8 Å². The summed E-state index contributed by atoms with van der Waals surface area (Å²) >= 11 is 0.770. The number of carbonyl (C=O) groups is 5. The molecule has 0 radical (unpaired) electrons. The second-order valence-electron chi connectivity index (χ2n) is 15.4. The molecule has 1 aromatic carbocycles. The highest BCUT2D eigenvalue weighted by atomic mass is 32.2. The Morgan fingerprint density at radius 1 is 0.970 bits per heavy atom. The van der Waals surface area contributed by atoms with Crippen molar-refractivity contribution in [2.45, 2.75) is 83.0 Å². The van der Waals surface area contributed by atoms with Gasteiger partial charge in [0.15, 0.2) is 22.3 Å². The van der Waals surface area contributed by atoms with Gasteiger partial charge in [-0.15, -0.1) is 0 Å². The van der Waals surface area contributed by atoms with E-state index in [1.165, 1.54) is 12.1 Å². The maximum Gasteiger partial charge on any atom is 0.274 e. The first-order valence-corrected chi connectivity index (χ1v) is 24.8. The number of phenolic OH excluding ortho intramolecular Hbond substituents is 1. The second kappa shape index (κ2) is 22.8. The normalized spacial score (nSPS) is 21.1. The third-order valence-corrected chi connectivity index (χ3v) is 13.5. The van der Waals surface area contributed by atoms with Gasteiger partial charge in [-0.05, 0) is 31.0 Å². The van der Waals surface area contributed by atoms with Gasteiger partial charge in [0, 0.05) is 37.1 Å². The maximum absolute atomic E-state index is 12.6. The second-order valence-corrected chi connectivity index (χ2v) is 20.6. The van der Waals surface area contributed by atoms with E-state index in [-0.39, 0.29) is 60.2 Å². The molecule has 0 saturated carbocycles. The summed E-state index contributed by atoms with van der Waals surface area (Å²) in [6, 6.07) is 6.25. The number of Topliss-reactive ketones (excluding diaryl/α,β-unsaturated/α-hetero) is 2. The number of phosphoric ester groups is 3. The van der Waals surface area contributed by atoms with E-state index in [0.29, 0.717) is 6.42 Å². The summed E-state index contributed by atoms with van der Waals surface area (Å²) in [5, 5.41) is 35.2. The summed E-state index contributed by atoms with van der Waals surface area (Å²) in [7, 11) is -17.8. The molecule has 2 aromatic heterocycles. The van der Waals surface area contributed by atoms with Crippen molar-refractivity contribution >= 4 is 80.7 Å². The molecule has 31 heteroatoms. The number of nitrogens with two attached hydrogens (primary N) is 1. The molecule has 0 bridgehead atoms. The molecule has 7 N–H and O–H groups in total. The van der Waals surface area contributed by atoms with Gasteiger partial charge in [0.25, 0.3) is 15.6 Å². The van der Waals surface area contributed by atoms with Crippen LogP contribution < -0.4 is 35.9 Å². The van der Waals surface area contributed by atoms with Crippen LogP contribution in [-0.2, 0) is 72.4 Å². The van der Waals surface area contributed by atoms with Crippen LogP contribution in [0.5, 0.6) is 5.75 Å². The Hall–Kier alpha value is -4.08. The number of fused-ring (bicyclic) bond motifs is 1. The molecule has 3 aromatic rings. The van der Waals surface area contributed by atoms with Crippen molar-refractivity contribution in [3.8, 4) is 5.75 Å². The Bertz CT molecular complexity index is 2390. The number of aromatic hydroxyl groups is 1. The minimum absolute atomic E-state index is 0.00281. The topological polar surface area (TPSA) is 429 Å². The maximum atomic E-state index is 12.6. The number of hydrogen-bond acceptors (Lipinski definition) is 25. The lowest BCUT2D eigenvalue weighted by atomic mass is 9.87. The standard InChI is InChI=1S/C35H50N7O20P3S/c1-34(2,30(49)33(50)38-11-10-25(46)37-12-13-66-26(47)15-23(45)14-22(44)9-6-20-4-7-21(43)8-5-20)17-59-65(56,57)62-64(54,55)58-16-24-28(61-63(51,52)53)29(48)35(3,60-24)42-19-41-27-31(36)39-18-40-32(27)42/h4-5,7-8,18-19,24,28-30,43,48-49H,6,9-17H2,1-3H3,(H,37,46)(H,38,50)(H,54,55)(H,56,57)(H2,36,39,40)(H2,51,52,53)/p-4. The van der Waals surface area contributed by atoms with Crippen LogP contribution in [0.25, 0.3) is 11.2 Å². The molecule has 0 spiro atoms. The number of benzene rings is 1. The average molecular weight is 1010 g/mol. The number of aromatic nitrogens is 4. The van der Waals surface area contributed by atoms with Crippen LogP contribution in [0.15, 0.2) is 36.9 Å². The summed E-state index contributed by atoms with van der Waals surface area (Å²) in [5.41, 5.74) is 2.71. The van der Waals surface area contributed by atoms with E-state index in [1.807, 2.05) is 0 Å². The first-order chi connectivity index (χ1) is 30.6. The van der Waals surface area contributed by atoms with Crippen LogP contribution in [0.1, 0.15) is 52.0 Å². The van der Waals surface area contributed by atoms with Crippen LogP contribution in [-0.4, -0.2) is 120 Å². The van der Waals surface area contributed by atoms with Gasteiger partial charge in [-0.3, -0.25) is 37.7 Å². The lowest BCUT2D eigenvalue weighted by Gasteiger charge is -2.36. The molecule has 4 rings (SSSR count). The third kappa shape index (κ3) is 16.0. The quantitative estimate of drug-likeness (QED) is 0.0276. The number of thioether (sulfide) groups is 1. The van der Waals surface area contributed by atoms with Gasteiger partial charge in [0.1, 0.15) is 53.6 Å². The molecule has 1 aliphatic rings. The van der Waals surface area contributed by atoms with Crippen molar-refractivity contribution in [3.63, 3.8) is 0 Å². The molecular weight excluding hydrogens is 963 g/mol. The molecule has 7 unspecified atom stereocenters. The van der Waals surface area contributed by atoms with Crippen molar-refractivity contribution in [3.05, 3.63) is 42.5 Å². The summed E-state index contributed by atoms with van der Waals surface area (Å²) in [4.78, 5) is 121. The number of nitrogen functional groups attached to an aromatic ring is 1. The number of aliphatic hydroxyl groups is 2. The van der Waals surface area contributed by atoms with E-state index in [9.17, 15) is 72.6 Å².